The zero-order valence-corrected chi connectivity index (χ0v) is 5.73. The maximum atomic E-state index is 11.1. The number of allylic oxidation sites excluding steroid dienone is 2. The third-order valence-electron chi connectivity index (χ3n) is 1.27. The van der Waals surface area contributed by atoms with Crippen molar-refractivity contribution in [2.24, 2.45) is 0 Å². The topological polar surface area (TPSA) is 26.3 Å². The van der Waals surface area contributed by atoms with Crippen LogP contribution in [0.5, 0.6) is 0 Å². The molecule has 2 nitrogen and oxygen atoms in total. The van der Waals surface area contributed by atoms with Crippen LogP contribution in [0, 0.1) is 0 Å². The predicted molar refractivity (Wildman–Crippen MR) is 33.5 cm³/mol. The van der Waals surface area contributed by atoms with E-state index in [1.807, 2.05) is 12.2 Å². The molecule has 0 bridgehead atoms. The van der Waals surface area contributed by atoms with Gasteiger partial charge in [-0.15, -0.1) is 0 Å². The molecule has 0 aliphatic carbocycles. The van der Waals surface area contributed by atoms with Gasteiger partial charge < -0.3 is 4.52 Å². The van der Waals surface area contributed by atoms with Gasteiger partial charge in [-0.05, 0) is 0 Å². The zero-order chi connectivity index (χ0) is 6.04. The highest BCUT2D eigenvalue weighted by molar-refractivity contribution is 7.59. The minimum absolute atomic E-state index is 0.628. The minimum atomic E-state index is -2.16. The third kappa shape index (κ3) is 1.01. The van der Waals surface area contributed by atoms with Crippen molar-refractivity contribution in [3.05, 3.63) is 12.2 Å². The Balaban J connectivity index is 2.60. The summed E-state index contributed by atoms with van der Waals surface area (Å²) in [6, 6.07) is 0. The molecule has 0 fully saturated rings. The van der Waals surface area contributed by atoms with E-state index in [1.165, 1.54) is 7.11 Å². The van der Waals surface area contributed by atoms with Gasteiger partial charge in [0.25, 0.3) is 0 Å². The van der Waals surface area contributed by atoms with E-state index >= 15 is 0 Å². The molecule has 1 rings (SSSR count). The molecule has 3 heteroatoms. The van der Waals surface area contributed by atoms with Gasteiger partial charge in [0.2, 0.25) is 7.37 Å². The standard InChI is InChI=1S/C5H9O2P/c1-7-8(6)4-2-3-5-8/h2-3H,4-5H2,1H3. The van der Waals surface area contributed by atoms with Crippen LogP contribution in [0.15, 0.2) is 12.2 Å². The summed E-state index contributed by atoms with van der Waals surface area (Å²) in [7, 11) is -0.654. The average Bonchev–Trinajstić information content (AvgIpc) is 2.17. The molecule has 0 unspecified atom stereocenters. The van der Waals surface area contributed by atoms with Crippen molar-refractivity contribution in [1.82, 2.24) is 0 Å². The molecule has 0 N–H and O–H groups in total. The average molecular weight is 132 g/mol. The highest BCUT2D eigenvalue weighted by Gasteiger charge is 2.21. The Kier molecular flexibility index (Phi) is 1.54. The van der Waals surface area contributed by atoms with Crippen LogP contribution in [0.4, 0.5) is 0 Å². The summed E-state index contributed by atoms with van der Waals surface area (Å²) >= 11 is 0. The van der Waals surface area contributed by atoms with Crippen LogP contribution in [0.2, 0.25) is 0 Å². The van der Waals surface area contributed by atoms with Crippen LogP contribution in [0.25, 0.3) is 0 Å². The van der Waals surface area contributed by atoms with E-state index in [4.69, 9.17) is 4.52 Å². The molecule has 0 saturated heterocycles. The Morgan fingerprint density at radius 3 is 2.25 bits per heavy atom. The fourth-order valence-corrected chi connectivity index (χ4v) is 2.08. The summed E-state index contributed by atoms with van der Waals surface area (Å²) < 4.78 is 15.9. The van der Waals surface area contributed by atoms with E-state index in [9.17, 15) is 4.57 Å². The molecule has 0 aromatic carbocycles. The second-order valence-corrected chi connectivity index (χ2v) is 4.56. The minimum Gasteiger partial charge on any atom is -0.331 e. The Labute approximate surface area is 49.0 Å². The van der Waals surface area contributed by atoms with E-state index in [2.05, 4.69) is 0 Å². The number of hydrogen-bond acceptors (Lipinski definition) is 2. The molecule has 46 valence electrons. The third-order valence-corrected chi connectivity index (χ3v) is 3.47. The molecule has 0 spiro atoms. The second-order valence-electron chi connectivity index (χ2n) is 1.83. The largest absolute Gasteiger partial charge is 0.331 e. The van der Waals surface area contributed by atoms with Crippen molar-refractivity contribution < 1.29 is 9.09 Å². The zero-order valence-electron chi connectivity index (χ0n) is 4.83. The summed E-state index contributed by atoms with van der Waals surface area (Å²) in [4.78, 5) is 0. The van der Waals surface area contributed by atoms with Crippen LogP contribution in [-0.4, -0.2) is 19.4 Å². The molecule has 0 atom stereocenters. The van der Waals surface area contributed by atoms with E-state index < -0.39 is 7.37 Å². The van der Waals surface area contributed by atoms with Crippen LogP contribution < -0.4 is 0 Å². The maximum absolute atomic E-state index is 11.1. The first-order valence-corrected chi connectivity index (χ1v) is 4.55. The first-order chi connectivity index (χ1) is 3.77. The van der Waals surface area contributed by atoms with Gasteiger partial charge >= 0.3 is 0 Å². The summed E-state index contributed by atoms with van der Waals surface area (Å²) in [5.74, 6) is 0. The Morgan fingerprint density at radius 1 is 1.50 bits per heavy atom. The highest BCUT2D eigenvalue weighted by Crippen LogP contribution is 2.48. The quantitative estimate of drug-likeness (QED) is 0.399. The summed E-state index contributed by atoms with van der Waals surface area (Å²) in [5, 5.41) is 0. The lowest BCUT2D eigenvalue weighted by atomic mass is 10.6. The molecule has 1 aliphatic rings. The first-order valence-electron chi connectivity index (χ1n) is 2.56. The number of rotatable bonds is 1. The summed E-state index contributed by atoms with van der Waals surface area (Å²) in [5.41, 5.74) is 0. The molecule has 0 aromatic heterocycles. The Morgan fingerprint density at radius 2 is 2.00 bits per heavy atom. The van der Waals surface area contributed by atoms with Gasteiger partial charge in [0.05, 0.1) is 0 Å². The van der Waals surface area contributed by atoms with Crippen LogP contribution >= 0.6 is 7.37 Å². The first kappa shape index (κ1) is 6.06. The highest BCUT2D eigenvalue weighted by atomic mass is 31.2. The lowest BCUT2D eigenvalue weighted by Gasteiger charge is -2.05. The van der Waals surface area contributed by atoms with E-state index in [1.54, 1.807) is 0 Å². The van der Waals surface area contributed by atoms with Gasteiger partial charge in [-0.3, -0.25) is 4.57 Å². The van der Waals surface area contributed by atoms with E-state index in [0.29, 0.717) is 12.3 Å². The molecule has 0 amide bonds. The Bertz CT molecular complexity index is 139. The number of hydrogen-bond donors (Lipinski definition) is 0. The van der Waals surface area contributed by atoms with E-state index in [0.717, 1.165) is 0 Å². The SMILES string of the molecule is COP1(=O)CC=CC1. The van der Waals surface area contributed by atoms with Gasteiger partial charge in [0.1, 0.15) is 0 Å². The fourth-order valence-electron chi connectivity index (χ4n) is 0.694. The van der Waals surface area contributed by atoms with Crippen molar-refractivity contribution >= 4 is 7.37 Å². The second kappa shape index (κ2) is 2.04. The van der Waals surface area contributed by atoms with Crippen LogP contribution in [0.1, 0.15) is 0 Å². The van der Waals surface area contributed by atoms with Gasteiger partial charge in [-0.2, -0.15) is 0 Å². The van der Waals surface area contributed by atoms with Crippen molar-refractivity contribution in [1.29, 1.82) is 0 Å². The molecule has 0 saturated carbocycles. The van der Waals surface area contributed by atoms with Crippen molar-refractivity contribution in [3.8, 4) is 0 Å². The lowest BCUT2D eigenvalue weighted by molar-refractivity contribution is 0.400. The van der Waals surface area contributed by atoms with Crippen molar-refractivity contribution in [3.63, 3.8) is 0 Å². The lowest BCUT2D eigenvalue weighted by Crippen LogP contribution is -1.85. The summed E-state index contributed by atoms with van der Waals surface area (Å²) in [6.07, 6.45) is 5.07. The smallest absolute Gasteiger partial charge is 0.210 e. The van der Waals surface area contributed by atoms with Crippen molar-refractivity contribution in [2.75, 3.05) is 19.4 Å². The van der Waals surface area contributed by atoms with Crippen LogP contribution in [0.3, 0.4) is 0 Å². The maximum Gasteiger partial charge on any atom is 0.210 e. The van der Waals surface area contributed by atoms with Crippen LogP contribution in [-0.2, 0) is 9.09 Å². The molecule has 8 heavy (non-hydrogen) atoms. The van der Waals surface area contributed by atoms with E-state index in [-0.39, 0.29) is 0 Å². The van der Waals surface area contributed by atoms with Gasteiger partial charge in [0, 0.05) is 19.4 Å². The van der Waals surface area contributed by atoms with Gasteiger partial charge in [-0.1, -0.05) is 12.2 Å². The molecule has 0 radical (unpaired) electrons. The molecule has 0 aromatic rings. The molecular weight excluding hydrogens is 123 g/mol. The van der Waals surface area contributed by atoms with Crippen molar-refractivity contribution in [2.45, 2.75) is 0 Å². The Hall–Kier alpha value is -0.0700. The molecule has 1 heterocycles. The fraction of sp³-hybridized carbons (Fsp3) is 0.600. The predicted octanol–water partition coefficient (Wildman–Crippen LogP) is 1.48. The monoisotopic (exact) mass is 132 g/mol. The molecular formula is C5H9O2P. The normalized spacial score (nSPS) is 24.1. The van der Waals surface area contributed by atoms with Gasteiger partial charge in [0.15, 0.2) is 0 Å². The van der Waals surface area contributed by atoms with Gasteiger partial charge in [-0.25, -0.2) is 0 Å². The molecule has 1 aliphatic heterocycles. The summed E-state index contributed by atoms with van der Waals surface area (Å²) in [6.45, 7) is 0.